The second-order valence-corrected chi connectivity index (χ2v) is 11.1. The molecule has 1 unspecified atom stereocenters. The van der Waals surface area contributed by atoms with Gasteiger partial charge in [-0.15, -0.1) is 0 Å². The van der Waals surface area contributed by atoms with Gasteiger partial charge in [0.05, 0.1) is 27.4 Å². The van der Waals surface area contributed by atoms with Crippen LogP contribution in [0.25, 0.3) is 26.6 Å². The molecular weight excluding hydrogens is 534 g/mol. The smallest absolute Gasteiger partial charge is 0.229 e. The molecule has 0 saturated carbocycles. The summed E-state index contributed by atoms with van der Waals surface area (Å²) in [5.74, 6) is -2.19. The number of nitrogens with zero attached hydrogens (tertiary/aromatic N) is 4. The maximum Gasteiger partial charge on any atom is 0.229 e. The number of Topliss-reactive ketones (excluding diaryl/α,β-unsaturated/α-hetero) is 2. The number of nitriles is 1. The lowest BCUT2D eigenvalue weighted by Crippen LogP contribution is -2.32. The van der Waals surface area contributed by atoms with E-state index in [1.54, 1.807) is 35.1 Å². The van der Waals surface area contributed by atoms with Gasteiger partial charge in [0.15, 0.2) is 11.5 Å². The van der Waals surface area contributed by atoms with Gasteiger partial charge in [-0.3, -0.25) is 9.59 Å². The molecule has 1 aliphatic carbocycles. The van der Waals surface area contributed by atoms with E-state index in [1.165, 1.54) is 11.3 Å². The van der Waals surface area contributed by atoms with Gasteiger partial charge in [-0.1, -0.05) is 71.5 Å². The highest BCUT2D eigenvalue weighted by Crippen LogP contribution is 2.46. The van der Waals surface area contributed by atoms with Crippen LogP contribution in [-0.2, 0) is 4.74 Å². The number of carbonyl (C=O) groups excluding carboxylic acids is 2. The van der Waals surface area contributed by atoms with E-state index in [0.717, 1.165) is 26.9 Å². The molecular formula is C32H21N5O3S. The van der Waals surface area contributed by atoms with Crippen molar-refractivity contribution in [2.45, 2.75) is 19.8 Å². The van der Waals surface area contributed by atoms with Gasteiger partial charge in [0.1, 0.15) is 11.6 Å². The van der Waals surface area contributed by atoms with Crippen molar-refractivity contribution >= 4 is 33.1 Å². The van der Waals surface area contributed by atoms with E-state index in [4.69, 9.17) is 20.6 Å². The van der Waals surface area contributed by atoms with E-state index < -0.39 is 17.5 Å². The average Bonchev–Trinajstić information content (AvgIpc) is 3.60. The van der Waals surface area contributed by atoms with Gasteiger partial charge in [0, 0.05) is 28.5 Å². The first-order chi connectivity index (χ1) is 19.8. The molecule has 9 heteroatoms. The van der Waals surface area contributed by atoms with Crippen molar-refractivity contribution in [3.63, 3.8) is 0 Å². The molecule has 0 spiro atoms. The van der Waals surface area contributed by atoms with Gasteiger partial charge >= 0.3 is 0 Å². The maximum absolute atomic E-state index is 14.0. The number of benzene rings is 3. The molecule has 2 N–H and O–H groups in total. The predicted molar refractivity (Wildman–Crippen MR) is 154 cm³/mol. The highest BCUT2D eigenvalue weighted by atomic mass is 32.1. The van der Waals surface area contributed by atoms with Gasteiger partial charge in [-0.25, -0.2) is 9.67 Å². The van der Waals surface area contributed by atoms with Crippen LogP contribution in [0.4, 0.5) is 0 Å². The molecule has 0 bridgehead atoms. The second kappa shape index (κ2) is 9.11. The van der Waals surface area contributed by atoms with Crippen molar-refractivity contribution in [2.24, 2.45) is 5.73 Å². The third-order valence-corrected chi connectivity index (χ3v) is 8.40. The fraction of sp³-hybridized carbons (Fsp3) is 0.0938. The Morgan fingerprint density at radius 2 is 1.68 bits per heavy atom. The van der Waals surface area contributed by atoms with Gasteiger partial charge in [-0.05, 0) is 31.5 Å². The molecule has 2 aromatic heterocycles. The molecule has 8 nitrogen and oxygen atoms in total. The predicted octanol–water partition coefficient (Wildman–Crippen LogP) is 5.91. The molecule has 1 aliphatic heterocycles. The van der Waals surface area contributed by atoms with E-state index in [-0.39, 0.29) is 33.9 Å². The minimum atomic E-state index is -0.977. The minimum Gasteiger partial charge on any atom is -0.436 e. The molecule has 0 radical (unpaired) electrons. The summed E-state index contributed by atoms with van der Waals surface area (Å²) in [6.07, 6.45) is 1.77. The van der Waals surface area contributed by atoms with Gasteiger partial charge in [0.25, 0.3) is 0 Å². The molecule has 5 aromatic rings. The van der Waals surface area contributed by atoms with Crippen LogP contribution in [0.1, 0.15) is 43.3 Å². The molecule has 41 heavy (non-hydrogen) atoms. The lowest BCUT2D eigenvalue weighted by molar-refractivity contribution is 0.0897. The number of ether oxygens (including phenoxy) is 1. The van der Waals surface area contributed by atoms with Crippen LogP contribution in [0.2, 0.25) is 0 Å². The molecule has 0 fully saturated rings. The highest BCUT2D eigenvalue weighted by molar-refractivity contribution is 7.20. The molecule has 7 rings (SSSR count). The van der Waals surface area contributed by atoms with E-state index in [1.807, 2.05) is 50.2 Å². The summed E-state index contributed by atoms with van der Waals surface area (Å²) < 4.78 is 8.37. The molecule has 3 heterocycles. The first-order valence-electron chi connectivity index (χ1n) is 12.9. The number of carbonyl (C=O) groups is 2. The number of fused-ring (bicyclic) bond motifs is 2. The Balaban J connectivity index is 1.49. The summed E-state index contributed by atoms with van der Waals surface area (Å²) in [6, 6.07) is 22.6. The van der Waals surface area contributed by atoms with Crippen LogP contribution in [0.3, 0.4) is 0 Å². The number of thiazole rings is 1. The Hall–Kier alpha value is -5.33. The number of hydrogen-bond acceptors (Lipinski definition) is 8. The zero-order chi connectivity index (χ0) is 28.4. The summed E-state index contributed by atoms with van der Waals surface area (Å²) >= 11 is 1.48. The topological polar surface area (TPSA) is 124 Å². The van der Waals surface area contributed by atoms with Crippen LogP contribution in [0, 0.1) is 25.2 Å². The molecule has 198 valence electrons. The maximum atomic E-state index is 14.0. The summed E-state index contributed by atoms with van der Waals surface area (Å²) in [5.41, 5.74) is 11.7. The summed E-state index contributed by atoms with van der Waals surface area (Å²) in [7, 11) is 0. The molecule has 0 amide bonds. The lowest BCUT2D eigenvalue weighted by atomic mass is 9.75. The quantitative estimate of drug-likeness (QED) is 0.294. The number of aromatic nitrogens is 3. The number of ketones is 2. The van der Waals surface area contributed by atoms with Crippen LogP contribution in [-0.4, -0.2) is 26.3 Å². The number of allylic oxidation sites excluding steroid dienone is 3. The number of rotatable bonds is 3. The largest absolute Gasteiger partial charge is 0.436 e. The Labute approximate surface area is 238 Å². The van der Waals surface area contributed by atoms with Gasteiger partial charge in [-0.2, -0.15) is 10.4 Å². The van der Waals surface area contributed by atoms with Crippen LogP contribution in [0.15, 0.2) is 95.7 Å². The molecule has 2 aliphatic rings. The van der Waals surface area contributed by atoms with Gasteiger partial charge < -0.3 is 10.5 Å². The van der Waals surface area contributed by atoms with Crippen LogP contribution >= 0.6 is 11.3 Å². The SMILES string of the molecule is Cc1ccc(-c2nn(-c3nc4ccc(C)cc4s3)cc2C2C(C#N)=C(N)OC3=C2C(=O)c2ccccc2C3=O)cc1. The Bertz CT molecular complexity index is 2060. The van der Waals surface area contributed by atoms with Crippen molar-refractivity contribution in [2.75, 3.05) is 0 Å². The van der Waals surface area contributed by atoms with Crippen molar-refractivity contribution in [3.05, 3.63) is 124 Å². The zero-order valence-corrected chi connectivity index (χ0v) is 22.8. The van der Waals surface area contributed by atoms with E-state index in [2.05, 4.69) is 12.1 Å². The van der Waals surface area contributed by atoms with Gasteiger partial charge in [0.2, 0.25) is 16.8 Å². The number of aryl methyl sites for hydroxylation is 2. The van der Waals surface area contributed by atoms with Crippen LogP contribution in [0.5, 0.6) is 0 Å². The Kier molecular flexibility index (Phi) is 5.49. The minimum absolute atomic E-state index is 0.0390. The molecule has 0 saturated heterocycles. The molecule has 3 aromatic carbocycles. The first-order valence-corrected chi connectivity index (χ1v) is 13.7. The third-order valence-electron chi connectivity index (χ3n) is 7.39. The first kappa shape index (κ1) is 24.7. The fourth-order valence-electron chi connectivity index (χ4n) is 5.37. The Morgan fingerprint density at radius 1 is 0.976 bits per heavy atom. The van der Waals surface area contributed by atoms with Crippen molar-refractivity contribution < 1.29 is 14.3 Å². The third kappa shape index (κ3) is 3.80. The number of hydrogen-bond donors (Lipinski definition) is 1. The van der Waals surface area contributed by atoms with Crippen molar-refractivity contribution in [1.82, 2.24) is 14.8 Å². The zero-order valence-electron chi connectivity index (χ0n) is 22.0. The lowest BCUT2D eigenvalue weighted by Gasteiger charge is -2.30. The second-order valence-electron chi connectivity index (χ2n) is 10.1. The van der Waals surface area contributed by atoms with E-state index >= 15 is 0 Å². The molecule has 1 atom stereocenters. The van der Waals surface area contributed by atoms with E-state index in [0.29, 0.717) is 16.4 Å². The van der Waals surface area contributed by atoms with E-state index in [9.17, 15) is 14.9 Å². The Morgan fingerprint density at radius 3 is 2.41 bits per heavy atom. The summed E-state index contributed by atoms with van der Waals surface area (Å²) in [5, 5.41) is 15.8. The summed E-state index contributed by atoms with van der Waals surface area (Å²) in [6.45, 7) is 4.01. The fourth-order valence-corrected chi connectivity index (χ4v) is 6.36. The average molecular weight is 556 g/mol. The van der Waals surface area contributed by atoms with Crippen LogP contribution < -0.4 is 5.73 Å². The monoisotopic (exact) mass is 555 g/mol. The highest BCUT2D eigenvalue weighted by Gasteiger charge is 2.45. The van der Waals surface area contributed by atoms with Crippen molar-refractivity contribution in [1.29, 1.82) is 5.26 Å². The normalized spacial score (nSPS) is 16.5. The van der Waals surface area contributed by atoms with Crippen molar-refractivity contribution in [3.8, 4) is 22.5 Å². The standard InChI is InChI=1S/C32H21N5O3S/c1-16-7-10-18(11-8-16)27-22(15-37(36-27)32-35-23-12-9-17(2)13-24(23)41-32)25-21(14-33)31(34)40-30-26(25)28(38)19-5-3-4-6-20(19)29(30)39/h3-13,15,25H,34H2,1-2H3. The number of nitrogens with two attached hydrogens (primary N) is 1. The summed E-state index contributed by atoms with van der Waals surface area (Å²) in [4.78, 5) is 32.3.